The van der Waals surface area contributed by atoms with Gasteiger partial charge >= 0.3 is 0 Å². The van der Waals surface area contributed by atoms with Gasteiger partial charge in [-0.15, -0.1) is 0 Å². The molecule has 1 amide bonds. The fraction of sp³-hybridized carbons (Fsp3) is 0.533. The lowest BCUT2D eigenvalue weighted by molar-refractivity contribution is 0.0936. The quantitative estimate of drug-likeness (QED) is 0.831. The van der Waals surface area contributed by atoms with Crippen molar-refractivity contribution in [3.8, 4) is 0 Å². The van der Waals surface area contributed by atoms with Crippen LogP contribution in [0.2, 0.25) is 0 Å². The van der Waals surface area contributed by atoms with Gasteiger partial charge in [0.2, 0.25) is 0 Å². The molecule has 1 saturated heterocycles. The highest BCUT2D eigenvalue weighted by atomic mass is 79.9. The summed E-state index contributed by atoms with van der Waals surface area (Å²) >= 11 is 3.38. The Kier molecular flexibility index (Phi) is 5.05. The molecule has 110 valence electrons. The fourth-order valence-electron chi connectivity index (χ4n) is 2.71. The van der Waals surface area contributed by atoms with Gasteiger partial charge in [-0.2, -0.15) is 0 Å². The van der Waals surface area contributed by atoms with E-state index in [1.165, 1.54) is 12.8 Å². The molecule has 1 fully saturated rings. The minimum Gasteiger partial charge on any atom is -0.398 e. The average Bonchev–Trinajstić information content (AvgIpc) is 2.40. The molecule has 0 radical (unpaired) electrons. The zero-order chi connectivity index (χ0) is 14.7. The van der Waals surface area contributed by atoms with Crippen LogP contribution in [0.3, 0.4) is 0 Å². The van der Waals surface area contributed by atoms with E-state index in [9.17, 15) is 4.79 Å². The lowest BCUT2D eigenvalue weighted by Crippen LogP contribution is -2.39. The standard InChI is InChI=1S/C15H22BrN3O/c1-10-13(6-12(16)7-14(10)17)15(20)18-8-11-4-3-5-19(2)9-11/h6-7,11H,3-5,8-9,17H2,1-2H3,(H,18,20). The van der Waals surface area contributed by atoms with Gasteiger partial charge in [0.1, 0.15) is 0 Å². The summed E-state index contributed by atoms with van der Waals surface area (Å²) in [7, 11) is 2.13. The number of hydrogen-bond donors (Lipinski definition) is 2. The topological polar surface area (TPSA) is 58.4 Å². The molecule has 1 atom stereocenters. The Morgan fingerprint density at radius 2 is 2.30 bits per heavy atom. The lowest BCUT2D eigenvalue weighted by Gasteiger charge is -2.29. The Bertz CT molecular complexity index is 504. The number of likely N-dealkylation sites (tertiary alicyclic amines) is 1. The zero-order valence-corrected chi connectivity index (χ0v) is 13.7. The number of rotatable bonds is 3. The summed E-state index contributed by atoms with van der Waals surface area (Å²) in [5.41, 5.74) is 8.03. The molecule has 0 saturated carbocycles. The van der Waals surface area contributed by atoms with E-state index in [2.05, 4.69) is 33.2 Å². The van der Waals surface area contributed by atoms with Crippen molar-refractivity contribution >= 4 is 27.5 Å². The third-order valence-electron chi connectivity index (χ3n) is 3.93. The van der Waals surface area contributed by atoms with Crippen LogP contribution in [-0.2, 0) is 0 Å². The van der Waals surface area contributed by atoms with E-state index in [4.69, 9.17) is 5.73 Å². The van der Waals surface area contributed by atoms with Gasteiger partial charge in [-0.1, -0.05) is 15.9 Å². The van der Waals surface area contributed by atoms with E-state index in [-0.39, 0.29) is 5.91 Å². The van der Waals surface area contributed by atoms with Crippen LogP contribution in [0.4, 0.5) is 5.69 Å². The van der Waals surface area contributed by atoms with Crippen LogP contribution < -0.4 is 11.1 Å². The molecule has 0 aromatic heterocycles. The second-order valence-electron chi connectivity index (χ2n) is 5.65. The van der Waals surface area contributed by atoms with Gasteiger partial charge in [0, 0.05) is 28.8 Å². The number of carbonyl (C=O) groups excluding carboxylic acids is 1. The maximum atomic E-state index is 12.3. The van der Waals surface area contributed by atoms with Crippen LogP contribution in [0.1, 0.15) is 28.8 Å². The van der Waals surface area contributed by atoms with Crippen LogP contribution in [0, 0.1) is 12.8 Å². The molecule has 3 N–H and O–H groups in total. The first-order valence-electron chi connectivity index (χ1n) is 6.99. The molecular formula is C15H22BrN3O. The molecule has 0 aliphatic carbocycles. The number of benzene rings is 1. The monoisotopic (exact) mass is 339 g/mol. The highest BCUT2D eigenvalue weighted by Gasteiger charge is 2.19. The van der Waals surface area contributed by atoms with Gasteiger partial charge < -0.3 is 16.0 Å². The van der Waals surface area contributed by atoms with Crippen molar-refractivity contribution in [2.24, 2.45) is 5.92 Å². The van der Waals surface area contributed by atoms with Gasteiger partial charge in [0.25, 0.3) is 5.91 Å². The summed E-state index contributed by atoms with van der Waals surface area (Å²) in [5, 5.41) is 3.04. The van der Waals surface area contributed by atoms with Gasteiger partial charge in [-0.25, -0.2) is 0 Å². The minimum absolute atomic E-state index is 0.0382. The second-order valence-corrected chi connectivity index (χ2v) is 6.56. The summed E-state index contributed by atoms with van der Waals surface area (Å²) in [4.78, 5) is 14.6. The first-order chi connectivity index (χ1) is 9.47. The van der Waals surface area contributed by atoms with Crippen molar-refractivity contribution in [1.29, 1.82) is 0 Å². The average molecular weight is 340 g/mol. The molecule has 1 aliphatic heterocycles. The molecule has 5 heteroatoms. The highest BCUT2D eigenvalue weighted by molar-refractivity contribution is 9.10. The van der Waals surface area contributed by atoms with Gasteiger partial charge in [0.05, 0.1) is 0 Å². The molecule has 1 heterocycles. The molecule has 0 bridgehead atoms. The molecule has 4 nitrogen and oxygen atoms in total. The first-order valence-corrected chi connectivity index (χ1v) is 7.79. The first kappa shape index (κ1) is 15.3. The number of piperidine rings is 1. The Hall–Kier alpha value is -1.07. The van der Waals surface area contributed by atoms with Crippen LogP contribution >= 0.6 is 15.9 Å². The van der Waals surface area contributed by atoms with Gasteiger partial charge in [-0.05, 0) is 57.0 Å². The van der Waals surface area contributed by atoms with Crippen molar-refractivity contribution in [1.82, 2.24) is 10.2 Å². The van der Waals surface area contributed by atoms with E-state index in [1.54, 1.807) is 0 Å². The Balaban J connectivity index is 1.98. The smallest absolute Gasteiger partial charge is 0.251 e. The SMILES string of the molecule is Cc1c(N)cc(Br)cc1C(=O)NCC1CCCN(C)C1. The largest absolute Gasteiger partial charge is 0.398 e. The number of hydrogen-bond acceptors (Lipinski definition) is 3. The molecule has 1 aromatic carbocycles. The number of nitrogens with zero attached hydrogens (tertiary/aromatic N) is 1. The van der Waals surface area contributed by atoms with Crippen molar-refractivity contribution in [3.63, 3.8) is 0 Å². The summed E-state index contributed by atoms with van der Waals surface area (Å²) in [5.74, 6) is 0.506. The molecule has 2 rings (SSSR count). The van der Waals surface area contributed by atoms with Crippen LogP contribution in [0.25, 0.3) is 0 Å². The van der Waals surface area contributed by atoms with E-state index in [0.29, 0.717) is 17.2 Å². The summed E-state index contributed by atoms with van der Waals surface area (Å²) in [6.07, 6.45) is 2.39. The number of halogens is 1. The molecule has 1 aliphatic rings. The van der Waals surface area contributed by atoms with Gasteiger partial charge in [0.15, 0.2) is 0 Å². The highest BCUT2D eigenvalue weighted by Crippen LogP contribution is 2.23. The molecule has 1 unspecified atom stereocenters. The normalized spacial score (nSPS) is 19.9. The summed E-state index contributed by atoms with van der Waals surface area (Å²) in [6.45, 7) is 4.83. The molecule has 0 spiro atoms. The van der Waals surface area contributed by atoms with E-state index in [0.717, 1.165) is 29.7 Å². The van der Waals surface area contributed by atoms with Crippen LogP contribution in [-0.4, -0.2) is 37.5 Å². The Labute approximate surface area is 128 Å². The van der Waals surface area contributed by atoms with E-state index < -0.39 is 0 Å². The predicted octanol–water partition coefficient (Wildman–Crippen LogP) is 2.41. The zero-order valence-electron chi connectivity index (χ0n) is 12.1. The number of amides is 1. The number of anilines is 1. The summed E-state index contributed by atoms with van der Waals surface area (Å²) in [6, 6.07) is 3.65. The number of nitrogens with one attached hydrogen (secondary N) is 1. The van der Waals surface area contributed by atoms with E-state index >= 15 is 0 Å². The summed E-state index contributed by atoms with van der Waals surface area (Å²) < 4.78 is 0.836. The van der Waals surface area contributed by atoms with Crippen molar-refractivity contribution in [3.05, 3.63) is 27.7 Å². The predicted molar refractivity (Wildman–Crippen MR) is 85.8 cm³/mol. The second kappa shape index (κ2) is 6.59. The van der Waals surface area contributed by atoms with Gasteiger partial charge in [-0.3, -0.25) is 4.79 Å². The van der Waals surface area contributed by atoms with Crippen LogP contribution in [0.15, 0.2) is 16.6 Å². The maximum Gasteiger partial charge on any atom is 0.251 e. The molecule has 20 heavy (non-hydrogen) atoms. The Morgan fingerprint density at radius 1 is 1.55 bits per heavy atom. The number of nitrogens with two attached hydrogens (primary N) is 1. The van der Waals surface area contributed by atoms with Crippen molar-refractivity contribution in [2.45, 2.75) is 19.8 Å². The Morgan fingerprint density at radius 3 is 3.00 bits per heavy atom. The maximum absolute atomic E-state index is 12.3. The number of carbonyl (C=O) groups is 1. The van der Waals surface area contributed by atoms with Crippen molar-refractivity contribution < 1.29 is 4.79 Å². The number of nitrogen functional groups attached to an aromatic ring is 1. The molecule has 1 aromatic rings. The van der Waals surface area contributed by atoms with Crippen molar-refractivity contribution in [2.75, 3.05) is 32.4 Å². The third-order valence-corrected chi connectivity index (χ3v) is 4.39. The fourth-order valence-corrected chi connectivity index (χ4v) is 3.18. The lowest BCUT2D eigenvalue weighted by atomic mass is 9.98. The molecular weight excluding hydrogens is 318 g/mol. The van der Waals surface area contributed by atoms with Crippen LogP contribution in [0.5, 0.6) is 0 Å². The third kappa shape index (κ3) is 3.73. The van der Waals surface area contributed by atoms with E-state index in [1.807, 2.05) is 19.1 Å². The minimum atomic E-state index is -0.0382.